The van der Waals surface area contributed by atoms with Crippen molar-refractivity contribution in [2.24, 2.45) is 0 Å². The second-order valence-electron chi connectivity index (χ2n) is 9.33. The third kappa shape index (κ3) is 6.65. The average Bonchev–Trinajstić information content (AvgIpc) is 2.88. The van der Waals surface area contributed by atoms with Gasteiger partial charge in [0.1, 0.15) is 0 Å². The van der Waals surface area contributed by atoms with Crippen LogP contribution in [0.2, 0.25) is 0 Å². The minimum atomic E-state index is -3.94. The van der Waals surface area contributed by atoms with E-state index in [1.54, 1.807) is 49.4 Å². The lowest BCUT2D eigenvalue weighted by Gasteiger charge is -2.13. The van der Waals surface area contributed by atoms with Crippen molar-refractivity contribution in [3.05, 3.63) is 113 Å². The fourth-order valence-electron chi connectivity index (χ4n) is 3.80. The molecule has 0 spiro atoms. The van der Waals surface area contributed by atoms with Crippen LogP contribution < -0.4 is 14.8 Å². The van der Waals surface area contributed by atoms with E-state index in [9.17, 15) is 21.6 Å². The summed E-state index contributed by atoms with van der Waals surface area (Å²) in [6.45, 7) is 7.40. The number of amides is 1. The summed E-state index contributed by atoms with van der Waals surface area (Å²) in [5.74, 6) is -0.536. The fourth-order valence-corrected chi connectivity index (χ4v) is 6.18. The maximum absolute atomic E-state index is 13.0. The van der Waals surface area contributed by atoms with Gasteiger partial charge in [0, 0.05) is 22.6 Å². The van der Waals surface area contributed by atoms with Crippen LogP contribution >= 0.6 is 0 Å². The molecule has 0 radical (unpaired) electrons. The second kappa shape index (κ2) is 10.9. The maximum Gasteiger partial charge on any atom is 0.262 e. The van der Waals surface area contributed by atoms with Gasteiger partial charge in [-0.3, -0.25) is 14.2 Å². The predicted molar refractivity (Wildman–Crippen MR) is 154 cm³/mol. The van der Waals surface area contributed by atoms with Gasteiger partial charge in [-0.1, -0.05) is 29.8 Å². The van der Waals surface area contributed by atoms with Crippen molar-refractivity contribution in [1.29, 1.82) is 0 Å². The van der Waals surface area contributed by atoms with Gasteiger partial charge in [-0.2, -0.15) is 0 Å². The first kappa shape index (κ1) is 27.9. The Morgan fingerprint density at radius 2 is 1.13 bits per heavy atom. The topological polar surface area (TPSA) is 121 Å². The third-order valence-corrected chi connectivity index (χ3v) is 9.15. The maximum atomic E-state index is 13.0. The summed E-state index contributed by atoms with van der Waals surface area (Å²) >= 11 is 0. The van der Waals surface area contributed by atoms with Crippen molar-refractivity contribution in [1.82, 2.24) is 0 Å². The monoisotopic (exact) mass is 563 g/mol. The molecule has 202 valence electrons. The molecule has 0 heterocycles. The van der Waals surface area contributed by atoms with E-state index in [0.29, 0.717) is 22.6 Å². The van der Waals surface area contributed by atoms with E-state index in [1.807, 2.05) is 26.8 Å². The van der Waals surface area contributed by atoms with Crippen molar-refractivity contribution >= 4 is 43.0 Å². The Balaban J connectivity index is 1.49. The van der Waals surface area contributed by atoms with Crippen LogP contribution in [0, 0.1) is 27.7 Å². The van der Waals surface area contributed by atoms with Crippen molar-refractivity contribution in [2.75, 3.05) is 14.8 Å². The molecule has 0 saturated heterocycles. The number of sulfonamides is 2. The smallest absolute Gasteiger partial charge is 0.262 e. The molecule has 0 bridgehead atoms. The molecule has 10 heteroatoms. The molecule has 0 atom stereocenters. The van der Waals surface area contributed by atoms with Crippen LogP contribution in [0.25, 0.3) is 0 Å². The highest BCUT2D eigenvalue weighted by atomic mass is 32.2. The number of hydrogen-bond donors (Lipinski definition) is 3. The van der Waals surface area contributed by atoms with Gasteiger partial charge in [-0.05, 0) is 105 Å². The van der Waals surface area contributed by atoms with Crippen molar-refractivity contribution in [2.45, 2.75) is 37.5 Å². The number of hydrogen-bond acceptors (Lipinski definition) is 5. The molecule has 0 aliphatic carbocycles. The molecule has 4 aromatic carbocycles. The minimum absolute atomic E-state index is 0.0189. The number of carbonyl (C=O) groups is 1. The summed E-state index contributed by atoms with van der Waals surface area (Å²) in [5, 5.41) is 2.68. The molecule has 3 N–H and O–H groups in total. The van der Waals surface area contributed by atoms with Gasteiger partial charge >= 0.3 is 0 Å². The summed E-state index contributed by atoms with van der Waals surface area (Å²) in [7, 11) is -7.77. The molecule has 1 amide bonds. The largest absolute Gasteiger partial charge is 0.322 e. The lowest BCUT2D eigenvalue weighted by atomic mass is 10.1. The van der Waals surface area contributed by atoms with Crippen LogP contribution in [0.1, 0.15) is 32.6 Å². The molecular weight excluding hydrogens is 534 g/mol. The van der Waals surface area contributed by atoms with E-state index in [4.69, 9.17) is 0 Å². The lowest BCUT2D eigenvalue weighted by molar-refractivity contribution is 0.102. The van der Waals surface area contributed by atoms with E-state index in [2.05, 4.69) is 14.8 Å². The molecule has 4 rings (SSSR count). The van der Waals surface area contributed by atoms with Gasteiger partial charge in [0.25, 0.3) is 26.0 Å². The number of nitrogens with one attached hydrogen (secondary N) is 3. The quantitative estimate of drug-likeness (QED) is 0.251. The Hall–Kier alpha value is -4.15. The first-order chi connectivity index (χ1) is 18.3. The lowest BCUT2D eigenvalue weighted by Crippen LogP contribution is -2.17. The standard InChI is InChI=1S/C29H29N3O5S2/c1-19-5-10-25(11-6-19)31-39(36,37)28-18-23(9-7-21(28)3)29(33)30-24-13-15-27(16-14-24)38(34,35)32-26-12-8-20(2)22(4)17-26/h5-18,31-32H,1-4H3,(H,30,33). The summed E-state index contributed by atoms with van der Waals surface area (Å²) in [6, 6.07) is 22.3. The Labute approximate surface area is 229 Å². The first-order valence-corrected chi connectivity index (χ1v) is 15.0. The van der Waals surface area contributed by atoms with E-state index < -0.39 is 26.0 Å². The third-order valence-electron chi connectivity index (χ3n) is 6.23. The van der Waals surface area contributed by atoms with Crippen LogP contribution in [-0.4, -0.2) is 22.7 Å². The molecule has 0 unspecified atom stereocenters. The van der Waals surface area contributed by atoms with Crippen LogP contribution in [0.5, 0.6) is 0 Å². The first-order valence-electron chi connectivity index (χ1n) is 12.1. The number of carbonyl (C=O) groups excluding carboxylic acids is 1. The highest BCUT2D eigenvalue weighted by Crippen LogP contribution is 2.23. The van der Waals surface area contributed by atoms with Crippen molar-refractivity contribution < 1.29 is 21.6 Å². The average molecular weight is 564 g/mol. The molecule has 0 aliphatic heterocycles. The van der Waals surface area contributed by atoms with Gasteiger partial charge < -0.3 is 5.32 Å². The minimum Gasteiger partial charge on any atom is -0.322 e. The SMILES string of the molecule is Cc1ccc(NS(=O)(=O)c2cc(C(=O)Nc3ccc(S(=O)(=O)Nc4ccc(C)c(C)c4)cc3)ccc2C)cc1. The van der Waals surface area contributed by atoms with Gasteiger partial charge in [0.05, 0.1) is 9.79 Å². The molecule has 0 fully saturated rings. The molecule has 0 aliphatic rings. The molecule has 0 saturated carbocycles. The summed E-state index contributed by atoms with van der Waals surface area (Å²) in [4.78, 5) is 12.9. The van der Waals surface area contributed by atoms with Gasteiger partial charge in [0.2, 0.25) is 0 Å². The van der Waals surface area contributed by atoms with Crippen molar-refractivity contribution in [3.63, 3.8) is 0 Å². The van der Waals surface area contributed by atoms with Crippen LogP contribution in [0.15, 0.2) is 94.7 Å². The summed E-state index contributed by atoms with van der Waals surface area (Å²) in [5.41, 5.74) is 4.86. The Kier molecular flexibility index (Phi) is 7.80. The van der Waals surface area contributed by atoms with Gasteiger partial charge in [-0.25, -0.2) is 16.8 Å². The van der Waals surface area contributed by atoms with Crippen LogP contribution in [0.3, 0.4) is 0 Å². The zero-order valence-electron chi connectivity index (χ0n) is 21.9. The van der Waals surface area contributed by atoms with E-state index in [1.165, 1.54) is 36.4 Å². The zero-order chi connectivity index (χ0) is 28.4. The Bertz CT molecular complexity index is 1750. The predicted octanol–water partition coefficient (Wildman–Crippen LogP) is 5.77. The Morgan fingerprint density at radius 1 is 0.564 bits per heavy atom. The van der Waals surface area contributed by atoms with Gasteiger partial charge in [0.15, 0.2) is 0 Å². The Morgan fingerprint density at radius 3 is 1.77 bits per heavy atom. The molecule has 8 nitrogen and oxygen atoms in total. The van der Waals surface area contributed by atoms with Crippen LogP contribution in [0.4, 0.5) is 17.1 Å². The summed E-state index contributed by atoms with van der Waals surface area (Å²) < 4.78 is 56.8. The number of anilines is 3. The summed E-state index contributed by atoms with van der Waals surface area (Å²) in [6.07, 6.45) is 0. The molecule has 4 aromatic rings. The van der Waals surface area contributed by atoms with E-state index in [0.717, 1.165) is 16.7 Å². The second-order valence-corrected chi connectivity index (χ2v) is 12.7. The number of rotatable bonds is 8. The van der Waals surface area contributed by atoms with Crippen molar-refractivity contribution in [3.8, 4) is 0 Å². The van der Waals surface area contributed by atoms with E-state index >= 15 is 0 Å². The normalized spacial score (nSPS) is 11.6. The number of benzene rings is 4. The highest BCUT2D eigenvalue weighted by molar-refractivity contribution is 7.93. The molecule has 39 heavy (non-hydrogen) atoms. The zero-order valence-corrected chi connectivity index (χ0v) is 23.6. The molecular formula is C29H29N3O5S2. The molecule has 0 aromatic heterocycles. The number of aryl methyl sites for hydroxylation is 4. The van der Waals surface area contributed by atoms with Crippen LogP contribution in [-0.2, 0) is 20.0 Å². The fraction of sp³-hybridized carbons (Fsp3) is 0.138. The van der Waals surface area contributed by atoms with Gasteiger partial charge in [-0.15, -0.1) is 0 Å². The van der Waals surface area contributed by atoms with E-state index in [-0.39, 0.29) is 15.4 Å². The highest BCUT2D eigenvalue weighted by Gasteiger charge is 2.20.